The van der Waals surface area contributed by atoms with Crippen molar-refractivity contribution in [1.82, 2.24) is 0 Å². The van der Waals surface area contributed by atoms with Crippen molar-refractivity contribution in [2.24, 2.45) is 0 Å². The number of nitriles is 1. The molecule has 0 saturated carbocycles. The second kappa shape index (κ2) is 6.31. The van der Waals surface area contributed by atoms with Gasteiger partial charge in [0.15, 0.2) is 0 Å². The van der Waals surface area contributed by atoms with Gasteiger partial charge in [0.25, 0.3) is 5.69 Å². The van der Waals surface area contributed by atoms with E-state index >= 15 is 0 Å². The van der Waals surface area contributed by atoms with Crippen molar-refractivity contribution < 1.29 is 19.4 Å². The van der Waals surface area contributed by atoms with Crippen LogP contribution in [0.5, 0.6) is 5.75 Å². The van der Waals surface area contributed by atoms with Gasteiger partial charge in [0.05, 0.1) is 33.1 Å². The van der Waals surface area contributed by atoms with E-state index in [1.54, 1.807) is 0 Å². The zero-order valence-electron chi connectivity index (χ0n) is 11.3. The summed E-state index contributed by atoms with van der Waals surface area (Å²) in [5.41, 5.74) is -0.768. The Balaban J connectivity index is 2.31. The van der Waals surface area contributed by atoms with E-state index < -0.39 is 32.9 Å². The van der Waals surface area contributed by atoms with Crippen molar-refractivity contribution in [2.75, 3.05) is 0 Å². The van der Waals surface area contributed by atoms with E-state index in [1.165, 1.54) is 24.3 Å². The molecule has 2 aromatic carbocycles. The summed E-state index contributed by atoms with van der Waals surface area (Å²) < 4.78 is 4.92. The molecule has 0 aliphatic heterocycles. The van der Waals surface area contributed by atoms with Gasteiger partial charge >= 0.3 is 11.7 Å². The SMILES string of the molecule is N#Cc1ccc(C(=O)Oc2ccc([N+](=O)[O-])cc2[N+](=O)[O-])cc1. The first kappa shape index (κ1) is 15.6. The van der Waals surface area contributed by atoms with Crippen LogP contribution in [0.4, 0.5) is 11.4 Å². The highest BCUT2D eigenvalue weighted by atomic mass is 16.6. The van der Waals surface area contributed by atoms with Gasteiger partial charge in [-0.25, -0.2) is 4.79 Å². The predicted molar refractivity (Wildman–Crippen MR) is 75.9 cm³/mol. The van der Waals surface area contributed by atoms with Crippen LogP contribution in [0.2, 0.25) is 0 Å². The minimum Gasteiger partial charge on any atom is -0.416 e. The molecule has 0 heterocycles. The van der Waals surface area contributed by atoms with Crippen molar-refractivity contribution in [3.63, 3.8) is 0 Å². The maximum atomic E-state index is 11.9. The maximum absolute atomic E-state index is 11.9. The largest absolute Gasteiger partial charge is 0.416 e. The fourth-order valence-electron chi connectivity index (χ4n) is 1.69. The molecule has 0 aliphatic carbocycles. The molecule has 0 fully saturated rings. The summed E-state index contributed by atoms with van der Waals surface area (Å²) in [6, 6.07) is 10.0. The van der Waals surface area contributed by atoms with Gasteiger partial charge in [-0.3, -0.25) is 20.2 Å². The predicted octanol–water partition coefficient (Wildman–Crippen LogP) is 2.59. The summed E-state index contributed by atoms with van der Waals surface area (Å²) in [5.74, 6) is -1.29. The van der Waals surface area contributed by atoms with Crippen LogP contribution in [-0.2, 0) is 0 Å². The van der Waals surface area contributed by atoms with Gasteiger partial charge in [0.2, 0.25) is 5.75 Å². The number of carbonyl (C=O) groups excluding carboxylic acids is 1. The smallest absolute Gasteiger partial charge is 0.343 e. The van der Waals surface area contributed by atoms with Crippen LogP contribution in [-0.4, -0.2) is 15.8 Å². The lowest BCUT2D eigenvalue weighted by Gasteiger charge is -2.05. The minimum atomic E-state index is -0.883. The summed E-state index contributed by atoms with van der Waals surface area (Å²) in [4.78, 5) is 31.9. The summed E-state index contributed by atoms with van der Waals surface area (Å²) >= 11 is 0. The molecule has 0 bridgehead atoms. The summed E-state index contributed by atoms with van der Waals surface area (Å²) in [6.07, 6.45) is 0. The quantitative estimate of drug-likeness (QED) is 0.366. The third-order valence-electron chi connectivity index (χ3n) is 2.80. The summed E-state index contributed by atoms with van der Waals surface area (Å²) in [6.45, 7) is 0. The zero-order chi connectivity index (χ0) is 17.0. The van der Waals surface area contributed by atoms with E-state index in [-0.39, 0.29) is 5.56 Å². The van der Waals surface area contributed by atoms with Gasteiger partial charge < -0.3 is 4.74 Å². The number of non-ortho nitro benzene ring substituents is 1. The van der Waals surface area contributed by atoms with Crippen molar-refractivity contribution in [2.45, 2.75) is 0 Å². The van der Waals surface area contributed by atoms with Crippen LogP contribution in [0.3, 0.4) is 0 Å². The van der Waals surface area contributed by atoms with E-state index in [1.807, 2.05) is 6.07 Å². The van der Waals surface area contributed by atoms with Crippen LogP contribution >= 0.6 is 0 Å². The van der Waals surface area contributed by atoms with Crippen molar-refractivity contribution >= 4 is 17.3 Å². The van der Waals surface area contributed by atoms with E-state index in [0.29, 0.717) is 11.6 Å². The number of hydrogen-bond acceptors (Lipinski definition) is 7. The Morgan fingerprint density at radius 3 is 2.22 bits per heavy atom. The number of nitrogens with zero attached hydrogens (tertiary/aromatic N) is 3. The fourth-order valence-corrected chi connectivity index (χ4v) is 1.69. The number of rotatable bonds is 4. The number of ether oxygens (including phenoxy) is 1. The molecule has 0 unspecified atom stereocenters. The molecule has 2 rings (SSSR count). The normalized spacial score (nSPS) is 9.70. The van der Waals surface area contributed by atoms with Gasteiger partial charge in [-0.1, -0.05) is 0 Å². The van der Waals surface area contributed by atoms with Crippen molar-refractivity contribution in [1.29, 1.82) is 5.26 Å². The van der Waals surface area contributed by atoms with E-state index in [0.717, 1.165) is 12.1 Å². The van der Waals surface area contributed by atoms with E-state index in [9.17, 15) is 25.0 Å². The second-order valence-corrected chi connectivity index (χ2v) is 4.24. The zero-order valence-corrected chi connectivity index (χ0v) is 11.3. The number of esters is 1. The fraction of sp³-hybridized carbons (Fsp3) is 0. The Bertz CT molecular complexity index is 839. The van der Waals surface area contributed by atoms with Crippen molar-refractivity contribution in [3.8, 4) is 11.8 Å². The second-order valence-electron chi connectivity index (χ2n) is 4.24. The van der Waals surface area contributed by atoms with Crippen LogP contribution in [0.25, 0.3) is 0 Å². The van der Waals surface area contributed by atoms with Gasteiger partial charge in [0, 0.05) is 6.07 Å². The summed E-state index contributed by atoms with van der Waals surface area (Å²) in [5, 5.41) is 30.3. The van der Waals surface area contributed by atoms with Crippen LogP contribution in [0.15, 0.2) is 42.5 Å². The Hall–Kier alpha value is -3.80. The van der Waals surface area contributed by atoms with Gasteiger partial charge in [-0.15, -0.1) is 0 Å². The molecule has 0 spiro atoms. The molecular weight excluding hydrogens is 306 g/mol. The number of nitro benzene ring substituents is 2. The molecule has 0 atom stereocenters. The molecule has 9 nitrogen and oxygen atoms in total. The lowest BCUT2D eigenvalue weighted by Crippen LogP contribution is -2.10. The molecule has 23 heavy (non-hydrogen) atoms. The number of hydrogen-bond donors (Lipinski definition) is 0. The molecule has 0 saturated heterocycles. The lowest BCUT2D eigenvalue weighted by molar-refractivity contribution is -0.394. The Morgan fingerprint density at radius 1 is 1.04 bits per heavy atom. The molecule has 0 aromatic heterocycles. The van der Waals surface area contributed by atoms with E-state index in [2.05, 4.69) is 0 Å². The molecule has 114 valence electrons. The van der Waals surface area contributed by atoms with Gasteiger partial charge in [-0.2, -0.15) is 5.26 Å². The maximum Gasteiger partial charge on any atom is 0.343 e. The molecule has 0 aliphatic rings. The first-order chi connectivity index (χ1) is 10.9. The van der Waals surface area contributed by atoms with Crippen LogP contribution in [0.1, 0.15) is 15.9 Å². The Kier molecular flexibility index (Phi) is 4.28. The highest BCUT2D eigenvalue weighted by Crippen LogP contribution is 2.31. The standard InChI is InChI=1S/C14H7N3O6/c15-8-9-1-3-10(4-2-9)14(18)23-13-6-5-11(16(19)20)7-12(13)17(21)22/h1-7H. The first-order valence-electron chi connectivity index (χ1n) is 6.07. The highest BCUT2D eigenvalue weighted by Gasteiger charge is 2.23. The molecular formula is C14H7N3O6. The van der Waals surface area contributed by atoms with E-state index in [4.69, 9.17) is 10.00 Å². The van der Waals surface area contributed by atoms with Crippen LogP contribution < -0.4 is 4.74 Å². The molecule has 0 radical (unpaired) electrons. The molecule has 0 N–H and O–H groups in total. The van der Waals surface area contributed by atoms with Gasteiger partial charge in [-0.05, 0) is 30.3 Å². The molecule has 0 amide bonds. The lowest BCUT2D eigenvalue weighted by atomic mass is 10.1. The summed E-state index contributed by atoms with van der Waals surface area (Å²) in [7, 11) is 0. The third-order valence-corrected chi connectivity index (χ3v) is 2.80. The topological polar surface area (TPSA) is 136 Å². The monoisotopic (exact) mass is 313 g/mol. The van der Waals surface area contributed by atoms with Crippen molar-refractivity contribution in [3.05, 3.63) is 73.8 Å². The van der Waals surface area contributed by atoms with Gasteiger partial charge in [0.1, 0.15) is 0 Å². The average Bonchev–Trinajstić information content (AvgIpc) is 2.54. The Morgan fingerprint density at radius 2 is 1.70 bits per heavy atom. The minimum absolute atomic E-state index is 0.0802. The number of carbonyl (C=O) groups is 1. The average molecular weight is 313 g/mol. The Labute approximate surface area is 128 Å². The number of nitro groups is 2. The van der Waals surface area contributed by atoms with Crippen LogP contribution in [0, 0.1) is 31.6 Å². The molecule has 2 aromatic rings. The highest BCUT2D eigenvalue weighted by molar-refractivity contribution is 5.91. The first-order valence-corrected chi connectivity index (χ1v) is 6.07. The third kappa shape index (κ3) is 3.45. The number of benzene rings is 2. The molecule has 9 heteroatoms.